The minimum Gasteiger partial charge on any atom is -0.465 e. The van der Waals surface area contributed by atoms with Crippen LogP contribution in [-0.4, -0.2) is 53.1 Å². The first-order valence-corrected chi connectivity index (χ1v) is 8.60. The van der Waals surface area contributed by atoms with Gasteiger partial charge < -0.3 is 25.6 Å². The third-order valence-corrected chi connectivity index (χ3v) is 4.92. The van der Waals surface area contributed by atoms with E-state index in [0.29, 0.717) is 18.8 Å². The molecule has 0 aromatic rings. The molecule has 2 rings (SSSR count). The maximum Gasteiger partial charge on any atom is 0.405 e. The zero-order valence-corrected chi connectivity index (χ0v) is 13.7. The van der Waals surface area contributed by atoms with Crippen LogP contribution >= 0.6 is 0 Å². The molecule has 2 aliphatic rings. The molecule has 0 radical (unpaired) electrons. The number of carbonyl (C=O) groups excluding carboxylic acids is 1. The lowest BCUT2D eigenvalue weighted by Crippen LogP contribution is -2.54. The highest BCUT2D eigenvalue weighted by Gasteiger charge is 2.37. The lowest BCUT2D eigenvalue weighted by Gasteiger charge is -2.28. The molecule has 132 valence electrons. The summed E-state index contributed by atoms with van der Waals surface area (Å²) in [5.74, 6) is 0.00375. The van der Waals surface area contributed by atoms with E-state index in [1.807, 2.05) is 6.92 Å². The number of hydrogen-bond acceptors (Lipinski definition) is 4. The van der Waals surface area contributed by atoms with Crippen molar-refractivity contribution in [3.8, 4) is 0 Å². The molecule has 0 spiro atoms. The molecule has 7 heteroatoms. The second-order valence-electron chi connectivity index (χ2n) is 6.62. The molecule has 7 nitrogen and oxygen atoms in total. The molecule has 1 heterocycles. The Bertz CT molecular complexity index is 411. The number of aliphatic hydroxyl groups is 1. The van der Waals surface area contributed by atoms with Crippen LogP contribution in [0.3, 0.4) is 0 Å². The summed E-state index contributed by atoms with van der Waals surface area (Å²) in [6.45, 7) is 2.12. The minimum absolute atomic E-state index is 0.198. The molecule has 1 saturated heterocycles. The normalized spacial score (nSPS) is 29.9. The number of amides is 2. The zero-order chi connectivity index (χ0) is 16.8. The van der Waals surface area contributed by atoms with Crippen LogP contribution in [0.25, 0.3) is 0 Å². The first-order valence-electron chi connectivity index (χ1n) is 8.60. The lowest BCUT2D eigenvalue weighted by atomic mass is 9.84. The summed E-state index contributed by atoms with van der Waals surface area (Å²) in [6, 6.07) is -1.25. The molecule has 2 amide bonds. The highest BCUT2D eigenvalue weighted by Crippen LogP contribution is 2.27. The van der Waals surface area contributed by atoms with Gasteiger partial charge in [-0.25, -0.2) is 4.79 Å². The van der Waals surface area contributed by atoms with Crippen molar-refractivity contribution in [1.29, 1.82) is 0 Å². The zero-order valence-electron chi connectivity index (χ0n) is 13.7. The highest BCUT2D eigenvalue weighted by atomic mass is 16.5. The maximum atomic E-state index is 12.5. The number of carbonyl (C=O) groups is 2. The molecular weight excluding hydrogens is 300 g/mol. The Morgan fingerprint density at radius 3 is 2.57 bits per heavy atom. The second-order valence-corrected chi connectivity index (χ2v) is 6.62. The number of aliphatic hydroxyl groups excluding tert-OH is 1. The number of rotatable bonds is 6. The molecule has 1 aliphatic heterocycles. The maximum absolute atomic E-state index is 12.5. The van der Waals surface area contributed by atoms with Crippen LogP contribution in [0.5, 0.6) is 0 Å². The van der Waals surface area contributed by atoms with Gasteiger partial charge >= 0.3 is 6.09 Å². The van der Waals surface area contributed by atoms with Crippen molar-refractivity contribution in [1.82, 2.24) is 10.6 Å². The van der Waals surface area contributed by atoms with Crippen molar-refractivity contribution >= 4 is 12.0 Å². The summed E-state index contributed by atoms with van der Waals surface area (Å²) in [7, 11) is 0. The standard InChI is InChI=1S/C16H28N2O5/c1-2-13-14(12(19)9-23-13)18-15(20)11(17-16(21)22)8-10-6-4-3-5-7-10/h10-14,17,19H,2-9H2,1H3,(H,18,20)(H,21,22)/t11?,12?,13-,14-/m0/s1. The van der Waals surface area contributed by atoms with Crippen LogP contribution in [0.1, 0.15) is 51.9 Å². The van der Waals surface area contributed by atoms with Gasteiger partial charge in [0.2, 0.25) is 5.91 Å². The summed E-state index contributed by atoms with van der Waals surface area (Å²) >= 11 is 0. The molecule has 2 unspecified atom stereocenters. The number of ether oxygens (including phenoxy) is 1. The van der Waals surface area contributed by atoms with Crippen molar-refractivity contribution in [2.75, 3.05) is 6.61 Å². The monoisotopic (exact) mass is 328 g/mol. The summed E-state index contributed by atoms with van der Waals surface area (Å²) in [6.07, 6.45) is 4.59. The van der Waals surface area contributed by atoms with Crippen molar-refractivity contribution in [3.63, 3.8) is 0 Å². The van der Waals surface area contributed by atoms with E-state index < -0.39 is 24.3 Å². The molecule has 0 aromatic heterocycles. The van der Waals surface area contributed by atoms with E-state index in [1.165, 1.54) is 6.42 Å². The predicted molar refractivity (Wildman–Crippen MR) is 84.1 cm³/mol. The molecule has 4 N–H and O–H groups in total. The Morgan fingerprint density at radius 2 is 1.96 bits per heavy atom. The molecule has 23 heavy (non-hydrogen) atoms. The number of hydrogen-bond donors (Lipinski definition) is 4. The third-order valence-electron chi connectivity index (χ3n) is 4.92. The van der Waals surface area contributed by atoms with Gasteiger partial charge in [0.25, 0.3) is 0 Å². The van der Waals surface area contributed by atoms with Gasteiger partial charge in [-0.15, -0.1) is 0 Å². The van der Waals surface area contributed by atoms with E-state index in [1.54, 1.807) is 0 Å². The second kappa shape index (κ2) is 8.49. The topological polar surface area (TPSA) is 108 Å². The van der Waals surface area contributed by atoms with Gasteiger partial charge in [0.05, 0.1) is 18.8 Å². The Labute approximate surface area is 136 Å². The number of nitrogens with one attached hydrogen (secondary N) is 2. The van der Waals surface area contributed by atoms with Crippen molar-refractivity contribution in [3.05, 3.63) is 0 Å². The van der Waals surface area contributed by atoms with Gasteiger partial charge in [-0.05, 0) is 18.8 Å². The largest absolute Gasteiger partial charge is 0.465 e. The van der Waals surface area contributed by atoms with Gasteiger partial charge in [-0.2, -0.15) is 0 Å². The van der Waals surface area contributed by atoms with Crippen LogP contribution in [0.15, 0.2) is 0 Å². The van der Waals surface area contributed by atoms with Gasteiger partial charge in [0, 0.05) is 0 Å². The fourth-order valence-electron chi connectivity index (χ4n) is 3.64. The smallest absolute Gasteiger partial charge is 0.405 e. The van der Waals surface area contributed by atoms with E-state index in [-0.39, 0.29) is 18.6 Å². The molecule has 0 aromatic carbocycles. The van der Waals surface area contributed by atoms with Crippen molar-refractivity contribution in [2.45, 2.75) is 76.2 Å². The fraction of sp³-hybridized carbons (Fsp3) is 0.875. The first-order chi connectivity index (χ1) is 11.0. The molecule has 2 fully saturated rings. The van der Waals surface area contributed by atoms with E-state index >= 15 is 0 Å². The molecule has 1 saturated carbocycles. The summed E-state index contributed by atoms with van der Waals surface area (Å²) < 4.78 is 5.44. The van der Waals surface area contributed by atoms with Gasteiger partial charge in [-0.1, -0.05) is 39.0 Å². The molecular formula is C16H28N2O5. The van der Waals surface area contributed by atoms with Crippen LogP contribution in [-0.2, 0) is 9.53 Å². The van der Waals surface area contributed by atoms with Gasteiger partial charge in [0.15, 0.2) is 0 Å². The van der Waals surface area contributed by atoms with Crippen LogP contribution in [0.4, 0.5) is 4.79 Å². The van der Waals surface area contributed by atoms with Crippen molar-refractivity contribution in [2.24, 2.45) is 5.92 Å². The van der Waals surface area contributed by atoms with Crippen LogP contribution in [0, 0.1) is 5.92 Å². The van der Waals surface area contributed by atoms with E-state index in [4.69, 9.17) is 9.84 Å². The average Bonchev–Trinajstić information content (AvgIpc) is 2.87. The van der Waals surface area contributed by atoms with Crippen molar-refractivity contribution < 1.29 is 24.5 Å². The minimum atomic E-state index is -1.20. The lowest BCUT2D eigenvalue weighted by molar-refractivity contribution is -0.125. The summed E-state index contributed by atoms with van der Waals surface area (Å²) in [4.78, 5) is 23.5. The fourth-order valence-corrected chi connectivity index (χ4v) is 3.64. The number of carboxylic acid groups (broad SMARTS) is 1. The molecule has 0 bridgehead atoms. The Kier molecular flexibility index (Phi) is 6.65. The van der Waals surface area contributed by atoms with E-state index in [9.17, 15) is 14.7 Å². The summed E-state index contributed by atoms with van der Waals surface area (Å²) in [5, 5.41) is 24.1. The quantitative estimate of drug-likeness (QED) is 0.587. The predicted octanol–water partition coefficient (Wildman–Crippen LogP) is 1.25. The Morgan fingerprint density at radius 1 is 1.26 bits per heavy atom. The van der Waals surface area contributed by atoms with Gasteiger partial charge in [-0.3, -0.25) is 4.79 Å². The average molecular weight is 328 g/mol. The van der Waals surface area contributed by atoms with Gasteiger partial charge in [0.1, 0.15) is 12.1 Å². The van der Waals surface area contributed by atoms with E-state index in [0.717, 1.165) is 25.7 Å². The third kappa shape index (κ3) is 5.07. The Balaban J connectivity index is 1.96. The first kappa shape index (κ1) is 18.0. The SMILES string of the molecule is CC[C@@H]1OCC(O)[C@@H]1NC(=O)C(CC1CCCCC1)NC(=O)O. The van der Waals surface area contributed by atoms with Crippen LogP contribution < -0.4 is 10.6 Å². The summed E-state index contributed by atoms with van der Waals surface area (Å²) in [5.41, 5.74) is 0. The van der Waals surface area contributed by atoms with E-state index in [2.05, 4.69) is 10.6 Å². The molecule has 4 atom stereocenters. The highest BCUT2D eigenvalue weighted by molar-refractivity contribution is 5.85. The van der Waals surface area contributed by atoms with Crippen LogP contribution in [0.2, 0.25) is 0 Å². The Hall–Kier alpha value is -1.34. The molecule has 1 aliphatic carbocycles.